The number of fused-ring (bicyclic) bond motifs is 1. The Kier molecular flexibility index (Phi) is 5.01. The summed E-state index contributed by atoms with van der Waals surface area (Å²) in [6.07, 6.45) is 9.46. The number of hydrogen-bond acceptors (Lipinski definition) is 3. The van der Waals surface area contributed by atoms with Crippen molar-refractivity contribution in [1.82, 2.24) is 19.4 Å². The van der Waals surface area contributed by atoms with Crippen LogP contribution in [0, 0.1) is 0 Å². The molecule has 0 N–H and O–H groups in total. The highest BCUT2D eigenvalue weighted by Gasteiger charge is 2.27. The van der Waals surface area contributed by atoms with Gasteiger partial charge in [0.05, 0.1) is 6.54 Å². The highest BCUT2D eigenvalue weighted by molar-refractivity contribution is 6.07. The number of benzene rings is 2. The highest BCUT2D eigenvalue weighted by Crippen LogP contribution is 2.29. The molecule has 4 aromatic rings. The van der Waals surface area contributed by atoms with Crippen LogP contribution in [0.25, 0.3) is 10.8 Å². The van der Waals surface area contributed by atoms with Crippen LogP contribution in [0.15, 0.2) is 79.4 Å². The van der Waals surface area contributed by atoms with Crippen LogP contribution in [0.1, 0.15) is 40.5 Å². The summed E-state index contributed by atoms with van der Waals surface area (Å²) in [4.78, 5) is 24.1. The van der Waals surface area contributed by atoms with Gasteiger partial charge in [-0.05, 0) is 41.3 Å². The van der Waals surface area contributed by atoms with Crippen LogP contribution >= 0.6 is 0 Å². The lowest BCUT2D eigenvalue weighted by Gasteiger charge is -2.32. The van der Waals surface area contributed by atoms with Crippen molar-refractivity contribution in [2.75, 3.05) is 13.1 Å². The molecular formula is C25H24N4O. The predicted octanol–water partition coefficient (Wildman–Crippen LogP) is 4.50. The van der Waals surface area contributed by atoms with E-state index in [0.717, 1.165) is 54.6 Å². The second-order valence-electron chi connectivity index (χ2n) is 7.87. The van der Waals surface area contributed by atoms with Gasteiger partial charge in [-0.1, -0.05) is 42.5 Å². The Morgan fingerprint density at radius 3 is 2.63 bits per heavy atom. The number of rotatable bonds is 4. The zero-order valence-electron chi connectivity index (χ0n) is 16.8. The molecule has 150 valence electrons. The van der Waals surface area contributed by atoms with Gasteiger partial charge in [0, 0.05) is 49.4 Å². The maximum atomic E-state index is 13.2. The Morgan fingerprint density at radius 1 is 0.967 bits per heavy atom. The smallest absolute Gasteiger partial charge is 0.254 e. The minimum Gasteiger partial charge on any atom is -0.339 e. The van der Waals surface area contributed by atoms with Crippen LogP contribution in [0.3, 0.4) is 0 Å². The zero-order chi connectivity index (χ0) is 20.3. The van der Waals surface area contributed by atoms with E-state index in [4.69, 9.17) is 0 Å². The topological polar surface area (TPSA) is 51.0 Å². The fourth-order valence-corrected chi connectivity index (χ4v) is 4.43. The second-order valence-corrected chi connectivity index (χ2v) is 7.87. The van der Waals surface area contributed by atoms with Gasteiger partial charge >= 0.3 is 0 Å². The molecular weight excluding hydrogens is 372 g/mol. The van der Waals surface area contributed by atoms with Crippen molar-refractivity contribution >= 4 is 16.7 Å². The third-order valence-electron chi connectivity index (χ3n) is 5.99. The molecule has 0 bridgehead atoms. The molecule has 0 spiro atoms. The van der Waals surface area contributed by atoms with Crippen LogP contribution in [0.5, 0.6) is 0 Å². The number of pyridine rings is 1. The van der Waals surface area contributed by atoms with Gasteiger partial charge in [-0.2, -0.15) is 0 Å². The van der Waals surface area contributed by atoms with E-state index in [0.29, 0.717) is 5.92 Å². The van der Waals surface area contributed by atoms with Crippen LogP contribution in [0.2, 0.25) is 0 Å². The Hall–Kier alpha value is -3.47. The molecule has 2 aromatic carbocycles. The standard InChI is InChI=1S/C25H24N4O/c30-25(23-9-3-7-20-6-1-2-8-22(20)23)28-14-10-21(11-15-28)24-27-13-16-29(24)18-19-5-4-12-26-17-19/h1-9,12-13,16-17,21H,10-11,14-15,18H2. The summed E-state index contributed by atoms with van der Waals surface area (Å²) in [5, 5.41) is 2.13. The first-order valence-electron chi connectivity index (χ1n) is 10.5. The third kappa shape index (κ3) is 3.59. The molecule has 0 atom stereocenters. The van der Waals surface area contributed by atoms with Gasteiger partial charge in [0.15, 0.2) is 0 Å². The number of carbonyl (C=O) groups excluding carboxylic acids is 1. The molecule has 0 saturated carbocycles. The van der Waals surface area contributed by atoms with Crippen LogP contribution in [-0.4, -0.2) is 38.4 Å². The van der Waals surface area contributed by atoms with E-state index in [1.54, 1.807) is 6.20 Å². The first kappa shape index (κ1) is 18.6. The molecule has 0 aliphatic carbocycles. The summed E-state index contributed by atoms with van der Waals surface area (Å²) in [5.41, 5.74) is 1.96. The van der Waals surface area contributed by atoms with Crippen molar-refractivity contribution in [2.45, 2.75) is 25.3 Å². The lowest BCUT2D eigenvalue weighted by molar-refractivity contribution is 0.0712. The normalized spacial score (nSPS) is 14.9. The number of hydrogen-bond donors (Lipinski definition) is 0. The summed E-state index contributed by atoms with van der Waals surface area (Å²) in [7, 11) is 0. The zero-order valence-corrected chi connectivity index (χ0v) is 16.8. The molecule has 0 radical (unpaired) electrons. The molecule has 1 saturated heterocycles. The van der Waals surface area contributed by atoms with Crippen molar-refractivity contribution in [3.05, 3.63) is 96.3 Å². The summed E-state index contributed by atoms with van der Waals surface area (Å²) in [6, 6.07) is 18.1. The molecule has 5 rings (SSSR count). The minimum absolute atomic E-state index is 0.129. The van der Waals surface area contributed by atoms with E-state index in [9.17, 15) is 4.79 Å². The predicted molar refractivity (Wildman–Crippen MR) is 117 cm³/mol. The monoisotopic (exact) mass is 396 g/mol. The molecule has 1 fully saturated rings. The molecule has 2 aromatic heterocycles. The Bertz CT molecular complexity index is 1150. The van der Waals surface area contributed by atoms with Gasteiger partial charge in [-0.3, -0.25) is 9.78 Å². The van der Waals surface area contributed by atoms with E-state index in [1.165, 1.54) is 5.56 Å². The number of carbonyl (C=O) groups is 1. The molecule has 30 heavy (non-hydrogen) atoms. The average molecular weight is 396 g/mol. The first-order valence-corrected chi connectivity index (χ1v) is 10.5. The van der Waals surface area contributed by atoms with Crippen molar-refractivity contribution in [2.24, 2.45) is 0 Å². The first-order chi connectivity index (χ1) is 14.8. The number of imidazole rings is 1. The summed E-state index contributed by atoms with van der Waals surface area (Å²) in [6.45, 7) is 2.29. The molecule has 5 heteroatoms. The lowest BCUT2D eigenvalue weighted by Crippen LogP contribution is -2.38. The van der Waals surface area contributed by atoms with Crippen LogP contribution < -0.4 is 0 Å². The molecule has 3 heterocycles. The molecule has 5 nitrogen and oxygen atoms in total. The van der Waals surface area contributed by atoms with Gasteiger partial charge in [0.2, 0.25) is 0 Å². The maximum Gasteiger partial charge on any atom is 0.254 e. The summed E-state index contributed by atoms with van der Waals surface area (Å²) >= 11 is 0. The number of amides is 1. The SMILES string of the molecule is O=C(c1cccc2ccccc12)N1CCC(c2nccn2Cc2cccnc2)CC1. The highest BCUT2D eigenvalue weighted by atomic mass is 16.2. The van der Waals surface area contributed by atoms with Crippen molar-refractivity contribution < 1.29 is 4.79 Å². The van der Waals surface area contributed by atoms with Gasteiger partial charge < -0.3 is 9.47 Å². The van der Waals surface area contributed by atoms with Crippen LogP contribution in [0.4, 0.5) is 0 Å². The van der Waals surface area contributed by atoms with Crippen molar-refractivity contribution in [3.63, 3.8) is 0 Å². The number of likely N-dealkylation sites (tertiary alicyclic amines) is 1. The minimum atomic E-state index is 0.129. The van der Waals surface area contributed by atoms with Gasteiger partial charge in [0.1, 0.15) is 5.82 Å². The van der Waals surface area contributed by atoms with Crippen LogP contribution in [-0.2, 0) is 6.54 Å². The van der Waals surface area contributed by atoms with Gasteiger partial charge in [-0.25, -0.2) is 4.98 Å². The number of aromatic nitrogens is 3. The van der Waals surface area contributed by atoms with Gasteiger partial charge in [0.25, 0.3) is 5.91 Å². The quantitative estimate of drug-likeness (QED) is 0.510. The maximum absolute atomic E-state index is 13.2. The van der Waals surface area contributed by atoms with E-state index in [1.807, 2.05) is 59.9 Å². The molecule has 1 amide bonds. The Labute approximate surface area is 176 Å². The lowest BCUT2D eigenvalue weighted by atomic mass is 9.94. The third-order valence-corrected chi connectivity index (χ3v) is 5.99. The molecule has 1 aliphatic rings. The average Bonchev–Trinajstić information content (AvgIpc) is 3.27. The van der Waals surface area contributed by atoms with E-state index < -0.39 is 0 Å². The Balaban J connectivity index is 1.29. The summed E-state index contributed by atoms with van der Waals surface area (Å²) in [5.74, 6) is 1.60. The number of piperidine rings is 1. The number of nitrogens with zero attached hydrogens (tertiary/aromatic N) is 4. The van der Waals surface area contributed by atoms with Crippen molar-refractivity contribution in [1.29, 1.82) is 0 Å². The Morgan fingerprint density at radius 2 is 1.80 bits per heavy atom. The van der Waals surface area contributed by atoms with E-state index >= 15 is 0 Å². The van der Waals surface area contributed by atoms with E-state index in [-0.39, 0.29) is 5.91 Å². The summed E-state index contributed by atoms with van der Waals surface area (Å²) < 4.78 is 2.21. The molecule has 0 unspecified atom stereocenters. The van der Waals surface area contributed by atoms with Gasteiger partial charge in [-0.15, -0.1) is 0 Å². The van der Waals surface area contributed by atoms with E-state index in [2.05, 4.69) is 32.7 Å². The fourth-order valence-electron chi connectivity index (χ4n) is 4.43. The fraction of sp³-hybridized carbons (Fsp3) is 0.240. The van der Waals surface area contributed by atoms with Crippen molar-refractivity contribution in [3.8, 4) is 0 Å². The largest absolute Gasteiger partial charge is 0.339 e. The molecule has 1 aliphatic heterocycles. The second kappa shape index (κ2) is 8.11.